The summed E-state index contributed by atoms with van der Waals surface area (Å²) in [5.41, 5.74) is 2.14. The van der Waals surface area contributed by atoms with Crippen LogP contribution >= 0.6 is 0 Å². The fourth-order valence-corrected chi connectivity index (χ4v) is 3.00. The highest BCUT2D eigenvalue weighted by Gasteiger charge is 2.22. The van der Waals surface area contributed by atoms with Crippen molar-refractivity contribution in [2.24, 2.45) is 4.99 Å². The van der Waals surface area contributed by atoms with Gasteiger partial charge >= 0.3 is 0 Å². The molecule has 2 unspecified atom stereocenters. The van der Waals surface area contributed by atoms with Gasteiger partial charge in [0.05, 0.1) is 12.6 Å². The van der Waals surface area contributed by atoms with E-state index < -0.39 is 0 Å². The predicted octanol–water partition coefficient (Wildman–Crippen LogP) is 2.68. The van der Waals surface area contributed by atoms with Gasteiger partial charge in [-0.1, -0.05) is 30.3 Å². The molecule has 138 valence electrons. The molecular formula is C20H24FN3O2. The Hall–Kier alpha value is -2.60. The summed E-state index contributed by atoms with van der Waals surface area (Å²) < 4.78 is 24.5. The SMILES string of the molecule is CN=C(NCC1Cc2ccccc2O1)NCC(OC)c1ccc(F)cc1. The number of ether oxygens (including phenoxy) is 2. The van der Waals surface area contributed by atoms with Crippen LogP contribution in [0.25, 0.3) is 0 Å². The van der Waals surface area contributed by atoms with E-state index in [2.05, 4.69) is 21.7 Å². The third kappa shape index (κ3) is 4.52. The molecule has 2 aromatic carbocycles. The molecule has 0 aromatic heterocycles. The van der Waals surface area contributed by atoms with Gasteiger partial charge in [0.1, 0.15) is 17.7 Å². The average molecular weight is 357 g/mol. The highest BCUT2D eigenvalue weighted by atomic mass is 19.1. The molecule has 0 aliphatic carbocycles. The number of para-hydroxylation sites is 1. The highest BCUT2D eigenvalue weighted by Crippen LogP contribution is 2.27. The number of hydrogen-bond acceptors (Lipinski definition) is 3. The second kappa shape index (κ2) is 8.67. The van der Waals surface area contributed by atoms with Gasteiger partial charge < -0.3 is 20.1 Å². The Kier molecular flexibility index (Phi) is 6.07. The minimum atomic E-state index is -0.258. The van der Waals surface area contributed by atoms with Gasteiger partial charge in [0.25, 0.3) is 0 Å². The van der Waals surface area contributed by atoms with Crippen LogP contribution in [-0.2, 0) is 11.2 Å². The van der Waals surface area contributed by atoms with E-state index in [4.69, 9.17) is 9.47 Å². The standard InChI is InChI=1S/C20H24FN3O2/c1-22-20(23-12-17-11-15-5-3-4-6-18(15)26-17)24-13-19(25-2)14-7-9-16(21)10-8-14/h3-10,17,19H,11-13H2,1-2H3,(H2,22,23,24). The molecule has 2 aromatic rings. The molecule has 0 bridgehead atoms. The quantitative estimate of drug-likeness (QED) is 0.617. The van der Waals surface area contributed by atoms with E-state index in [1.54, 1.807) is 26.3 Å². The summed E-state index contributed by atoms with van der Waals surface area (Å²) in [7, 11) is 3.36. The smallest absolute Gasteiger partial charge is 0.191 e. The van der Waals surface area contributed by atoms with Gasteiger partial charge in [-0.25, -0.2) is 4.39 Å². The van der Waals surface area contributed by atoms with Crippen molar-refractivity contribution in [3.05, 3.63) is 65.5 Å². The normalized spacial score (nSPS) is 17.3. The highest BCUT2D eigenvalue weighted by molar-refractivity contribution is 5.79. The Morgan fingerprint density at radius 1 is 1.23 bits per heavy atom. The van der Waals surface area contributed by atoms with Crippen LogP contribution in [0.2, 0.25) is 0 Å². The Bertz CT molecular complexity index is 724. The second-order valence-electron chi connectivity index (χ2n) is 6.16. The lowest BCUT2D eigenvalue weighted by Gasteiger charge is -2.20. The average Bonchev–Trinajstić information content (AvgIpc) is 3.09. The van der Waals surface area contributed by atoms with Crippen LogP contribution in [0.3, 0.4) is 0 Å². The van der Waals surface area contributed by atoms with Crippen molar-refractivity contribution in [1.29, 1.82) is 0 Å². The molecule has 0 spiro atoms. The van der Waals surface area contributed by atoms with Gasteiger partial charge in [-0.05, 0) is 29.3 Å². The Morgan fingerprint density at radius 3 is 2.69 bits per heavy atom. The molecule has 5 nitrogen and oxygen atoms in total. The first-order chi connectivity index (χ1) is 12.7. The van der Waals surface area contributed by atoms with Crippen LogP contribution in [0.5, 0.6) is 5.75 Å². The van der Waals surface area contributed by atoms with E-state index in [9.17, 15) is 4.39 Å². The van der Waals surface area contributed by atoms with Crippen molar-refractivity contribution >= 4 is 5.96 Å². The molecule has 0 fully saturated rings. The maximum Gasteiger partial charge on any atom is 0.191 e. The van der Waals surface area contributed by atoms with Gasteiger partial charge in [0, 0.05) is 27.1 Å². The number of fused-ring (bicyclic) bond motifs is 1. The predicted molar refractivity (Wildman–Crippen MR) is 100 cm³/mol. The topological polar surface area (TPSA) is 54.9 Å². The van der Waals surface area contributed by atoms with Crippen molar-refractivity contribution in [2.45, 2.75) is 18.6 Å². The van der Waals surface area contributed by atoms with Crippen molar-refractivity contribution in [3.63, 3.8) is 0 Å². The van der Waals surface area contributed by atoms with Crippen LogP contribution in [0.15, 0.2) is 53.5 Å². The summed E-state index contributed by atoms with van der Waals surface area (Å²) in [4.78, 5) is 4.24. The van der Waals surface area contributed by atoms with E-state index in [1.165, 1.54) is 17.7 Å². The number of rotatable bonds is 6. The van der Waals surface area contributed by atoms with Crippen LogP contribution < -0.4 is 15.4 Å². The number of methoxy groups -OCH3 is 1. The number of benzene rings is 2. The third-order valence-corrected chi connectivity index (χ3v) is 4.42. The zero-order valence-electron chi connectivity index (χ0n) is 15.0. The fourth-order valence-electron chi connectivity index (χ4n) is 3.00. The van der Waals surface area contributed by atoms with E-state index in [0.717, 1.165) is 17.7 Å². The molecule has 0 saturated carbocycles. The molecule has 1 aliphatic rings. The summed E-state index contributed by atoms with van der Waals surface area (Å²) >= 11 is 0. The number of nitrogens with one attached hydrogen (secondary N) is 2. The van der Waals surface area contributed by atoms with Gasteiger partial charge in [-0.3, -0.25) is 4.99 Å². The zero-order chi connectivity index (χ0) is 18.4. The van der Waals surface area contributed by atoms with Crippen molar-refractivity contribution < 1.29 is 13.9 Å². The molecule has 0 saturated heterocycles. The molecule has 0 amide bonds. The Morgan fingerprint density at radius 2 is 2.00 bits per heavy atom. The molecule has 26 heavy (non-hydrogen) atoms. The van der Waals surface area contributed by atoms with Gasteiger partial charge in [-0.15, -0.1) is 0 Å². The number of nitrogens with zero attached hydrogens (tertiary/aromatic N) is 1. The van der Waals surface area contributed by atoms with Crippen molar-refractivity contribution in [3.8, 4) is 5.75 Å². The van der Waals surface area contributed by atoms with E-state index >= 15 is 0 Å². The number of hydrogen-bond donors (Lipinski definition) is 2. The largest absolute Gasteiger partial charge is 0.488 e. The monoisotopic (exact) mass is 357 g/mol. The first-order valence-electron chi connectivity index (χ1n) is 8.67. The maximum atomic E-state index is 13.1. The minimum Gasteiger partial charge on any atom is -0.488 e. The molecule has 6 heteroatoms. The first-order valence-corrected chi connectivity index (χ1v) is 8.67. The van der Waals surface area contributed by atoms with Crippen LogP contribution in [0, 0.1) is 5.82 Å². The lowest BCUT2D eigenvalue weighted by molar-refractivity contribution is 0.106. The number of aliphatic imine (C=N–C) groups is 1. The molecular weight excluding hydrogens is 333 g/mol. The summed E-state index contributed by atoms with van der Waals surface area (Å²) in [6.07, 6.45) is 0.776. The van der Waals surface area contributed by atoms with Gasteiger partial charge in [-0.2, -0.15) is 0 Å². The number of guanidine groups is 1. The number of halogens is 1. The third-order valence-electron chi connectivity index (χ3n) is 4.42. The Balaban J connectivity index is 1.48. The van der Waals surface area contributed by atoms with Gasteiger partial charge in [0.2, 0.25) is 0 Å². The molecule has 1 aliphatic heterocycles. The van der Waals surface area contributed by atoms with E-state index in [-0.39, 0.29) is 18.0 Å². The van der Waals surface area contributed by atoms with Crippen molar-refractivity contribution in [2.75, 3.05) is 27.2 Å². The van der Waals surface area contributed by atoms with E-state index in [0.29, 0.717) is 19.0 Å². The first kappa shape index (κ1) is 18.2. The Labute approximate surface area is 153 Å². The van der Waals surface area contributed by atoms with E-state index in [1.807, 2.05) is 18.2 Å². The lowest BCUT2D eigenvalue weighted by Crippen LogP contribution is -2.43. The van der Waals surface area contributed by atoms with Crippen molar-refractivity contribution in [1.82, 2.24) is 10.6 Å². The summed E-state index contributed by atoms with van der Waals surface area (Å²) in [5, 5.41) is 6.53. The molecule has 2 atom stereocenters. The van der Waals surface area contributed by atoms with Gasteiger partial charge in [0.15, 0.2) is 5.96 Å². The minimum absolute atomic E-state index is 0.0845. The zero-order valence-corrected chi connectivity index (χ0v) is 15.0. The second-order valence-corrected chi connectivity index (χ2v) is 6.16. The molecule has 0 radical (unpaired) electrons. The molecule has 1 heterocycles. The van der Waals surface area contributed by atoms with Crippen LogP contribution in [0.4, 0.5) is 4.39 Å². The molecule has 2 N–H and O–H groups in total. The van der Waals surface area contributed by atoms with Crippen LogP contribution in [0.1, 0.15) is 17.2 Å². The lowest BCUT2D eigenvalue weighted by atomic mass is 10.1. The summed E-state index contributed by atoms with van der Waals surface area (Å²) in [6, 6.07) is 14.4. The summed E-state index contributed by atoms with van der Waals surface area (Å²) in [6.45, 7) is 1.18. The fraction of sp³-hybridized carbons (Fsp3) is 0.350. The van der Waals surface area contributed by atoms with Crippen LogP contribution in [-0.4, -0.2) is 39.3 Å². The maximum absolute atomic E-state index is 13.1. The summed E-state index contributed by atoms with van der Waals surface area (Å²) in [5.74, 6) is 1.37. The molecule has 3 rings (SSSR count).